The van der Waals surface area contributed by atoms with Gasteiger partial charge in [-0.2, -0.15) is 0 Å². The van der Waals surface area contributed by atoms with Crippen LogP contribution in [0, 0.1) is 5.92 Å². The van der Waals surface area contributed by atoms with Crippen LogP contribution in [0.3, 0.4) is 0 Å². The Morgan fingerprint density at radius 2 is 1.81 bits per heavy atom. The quantitative estimate of drug-likeness (QED) is 0.790. The zero-order valence-electron chi connectivity index (χ0n) is 11.0. The highest BCUT2D eigenvalue weighted by Gasteiger charge is 2.24. The third-order valence-electron chi connectivity index (χ3n) is 4.69. The van der Waals surface area contributed by atoms with E-state index < -0.39 is 0 Å². The van der Waals surface area contributed by atoms with Gasteiger partial charge in [0.1, 0.15) is 0 Å². The molecule has 0 aromatic heterocycles. The van der Waals surface area contributed by atoms with Crippen molar-refractivity contribution in [3.05, 3.63) is 0 Å². The van der Waals surface area contributed by atoms with Gasteiger partial charge in [0, 0.05) is 25.2 Å². The summed E-state index contributed by atoms with van der Waals surface area (Å²) in [4.78, 5) is 2.68. The smallest absolute Gasteiger partial charge is 0.0110 e. The van der Waals surface area contributed by atoms with Crippen molar-refractivity contribution in [3.8, 4) is 0 Å². The zero-order valence-corrected chi connectivity index (χ0v) is 11.0. The number of nitrogens with one attached hydrogen (secondary N) is 1. The third kappa shape index (κ3) is 3.21. The Hall–Kier alpha value is -0.0800. The lowest BCUT2D eigenvalue weighted by atomic mass is 9.92. The molecule has 16 heavy (non-hydrogen) atoms. The van der Waals surface area contributed by atoms with Gasteiger partial charge in [-0.1, -0.05) is 19.8 Å². The average molecular weight is 224 g/mol. The van der Waals surface area contributed by atoms with Crippen LogP contribution in [0.1, 0.15) is 52.4 Å². The Bertz CT molecular complexity index is 199. The van der Waals surface area contributed by atoms with Crippen LogP contribution in [0.15, 0.2) is 0 Å². The molecule has 1 N–H and O–H groups in total. The normalized spacial score (nSPS) is 33.4. The van der Waals surface area contributed by atoms with Crippen molar-refractivity contribution in [1.82, 2.24) is 10.2 Å². The van der Waals surface area contributed by atoms with Crippen LogP contribution in [0.4, 0.5) is 0 Å². The van der Waals surface area contributed by atoms with E-state index in [4.69, 9.17) is 0 Å². The van der Waals surface area contributed by atoms with Crippen LogP contribution in [0.2, 0.25) is 0 Å². The number of hydrogen-bond acceptors (Lipinski definition) is 2. The summed E-state index contributed by atoms with van der Waals surface area (Å²) in [6.45, 7) is 8.57. The van der Waals surface area contributed by atoms with Crippen LogP contribution in [0.25, 0.3) is 0 Å². The monoisotopic (exact) mass is 224 g/mol. The third-order valence-corrected chi connectivity index (χ3v) is 4.69. The van der Waals surface area contributed by atoms with Crippen molar-refractivity contribution in [3.63, 3.8) is 0 Å². The van der Waals surface area contributed by atoms with E-state index in [1.807, 2.05) is 0 Å². The highest BCUT2D eigenvalue weighted by Crippen LogP contribution is 2.22. The van der Waals surface area contributed by atoms with Crippen molar-refractivity contribution >= 4 is 0 Å². The number of piperidine rings is 1. The van der Waals surface area contributed by atoms with Crippen molar-refractivity contribution in [2.24, 2.45) is 5.92 Å². The molecule has 0 radical (unpaired) electrons. The van der Waals surface area contributed by atoms with Crippen molar-refractivity contribution in [2.45, 2.75) is 64.5 Å². The van der Waals surface area contributed by atoms with Crippen molar-refractivity contribution in [2.75, 3.05) is 19.6 Å². The molecule has 2 nitrogen and oxygen atoms in total. The molecule has 2 aliphatic rings. The molecule has 1 saturated heterocycles. The number of likely N-dealkylation sites (tertiary alicyclic amines) is 1. The Kier molecular flexibility index (Phi) is 4.66. The molecule has 2 fully saturated rings. The van der Waals surface area contributed by atoms with Gasteiger partial charge in [0.05, 0.1) is 0 Å². The molecule has 1 aliphatic heterocycles. The highest BCUT2D eigenvalue weighted by atomic mass is 15.2. The van der Waals surface area contributed by atoms with Gasteiger partial charge in [-0.15, -0.1) is 0 Å². The lowest BCUT2D eigenvalue weighted by molar-refractivity contribution is 0.114. The second-order valence-corrected chi connectivity index (χ2v) is 5.83. The second kappa shape index (κ2) is 6.02. The van der Waals surface area contributed by atoms with E-state index in [-0.39, 0.29) is 0 Å². The van der Waals surface area contributed by atoms with Crippen LogP contribution < -0.4 is 5.32 Å². The van der Waals surface area contributed by atoms with Gasteiger partial charge in [-0.3, -0.25) is 4.90 Å². The maximum Gasteiger partial charge on any atom is 0.0110 e. The summed E-state index contributed by atoms with van der Waals surface area (Å²) in [5.41, 5.74) is 0. The van der Waals surface area contributed by atoms with E-state index in [1.54, 1.807) is 0 Å². The molecule has 94 valence electrons. The Morgan fingerprint density at radius 1 is 1.06 bits per heavy atom. The molecule has 0 amide bonds. The van der Waals surface area contributed by atoms with Crippen molar-refractivity contribution < 1.29 is 0 Å². The fourth-order valence-corrected chi connectivity index (χ4v) is 3.28. The molecule has 2 heteroatoms. The van der Waals surface area contributed by atoms with Crippen LogP contribution in [-0.2, 0) is 0 Å². The topological polar surface area (TPSA) is 15.3 Å². The van der Waals surface area contributed by atoms with E-state index in [9.17, 15) is 0 Å². The van der Waals surface area contributed by atoms with Gasteiger partial charge < -0.3 is 5.32 Å². The standard InChI is InChI=1S/C14H28N2/c1-12-6-5-10-16(13(12)2)11-9-15-14-7-3-4-8-14/h12-15H,3-11H2,1-2H3. The van der Waals surface area contributed by atoms with E-state index in [0.717, 1.165) is 18.0 Å². The number of rotatable bonds is 4. The number of nitrogens with zero attached hydrogens (tertiary/aromatic N) is 1. The average Bonchev–Trinajstić information content (AvgIpc) is 2.77. The Morgan fingerprint density at radius 3 is 2.56 bits per heavy atom. The molecular formula is C14H28N2. The van der Waals surface area contributed by atoms with Crippen LogP contribution in [-0.4, -0.2) is 36.6 Å². The molecule has 0 spiro atoms. The van der Waals surface area contributed by atoms with Gasteiger partial charge in [0.2, 0.25) is 0 Å². The molecule has 0 bridgehead atoms. The van der Waals surface area contributed by atoms with E-state index >= 15 is 0 Å². The molecule has 1 aliphatic carbocycles. The van der Waals surface area contributed by atoms with Gasteiger partial charge in [0.25, 0.3) is 0 Å². The molecule has 2 rings (SSSR count). The lowest BCUT2D eigenvalue weighted by Crippen LogP contribution is -2.46. The minimum Gasteiger partial charge on any atom is -0.313 e. The summed E-state index contributed by atoms with van der Waals surface area (Å²) < 4.78 is 0. The van der Waals surface area contributed by atoms with Gasteiger partial charge >= 0.3 is 0 Å². The summed E-state index contributed by atoms with van der Waals surface area (Å²) in [6, 6.07) is 1.62. The molecule has 0 aromatic rings. The summed E-state index contributed by atoms with van der Waals surface area (Å²) in [5, 5.41) is 3.72. The predicted octanol–water partition coefficient (Wildman–Crippen LogP) is 2.64. The molecule has 2 unspecified atom stereocenters. The molecule has 2 atom stereocenters. The van der Waals surface area contributed by atoms with Gasteiger partial charge in [-0.05, 0) is 45.1 Å². The van der Waals surface area contributed by atoms with Crippen molar-refractivity contribution in [1.29, 1.82) is 0 Å². The minimum atomic E-state index is 0.791. The summed E-state index contributed by atoms with van der Waals surface area (Å²) in [5.74, 6) is 0.889. The number of hydrogen-bond donors (Lipinski definition) is 1. The summed E-state index contributed by atoms with van der Waals surface area (Å²) >= 11 is 0. The molecular weight excluding hydrogens is 196 g/mol. The first-order chi connectivity index (χ1) is 7.77. The largest absolute Gasteiger partial charge is 0.313 e. The zero-order chi connectivity index (χ0) is 11.4. The first-order valence-electron chi connectivity index (χ1n) is 7.25. The molecule has 1 heterocycles. The second-order valence-electron chi connectivity index (χ2n) is 5.83. The minimum absolute atomic E-state index is 0.791. The summed E-state index contributed by atoms with van der Waals surface area (Å²) in [7, 11) is 0. The van der Waals surface area contributed by atoms with E-state index in [0.29, 0.717) is 0 Å². The molecule has 1 saturated carbocycles. The van der Waals surface area contributed by atoms with Crippen LogP contribution in [0.5, 0.6) is 0 Å². The SMILES string of the molecule is CC1CCCN(CCNC2CCCC2)C1C. The lowest BCUT2D eigenvalue weighted by Gasteiger charge is -2.38. The Balaban J connectivity index is 1.64. The predicted molar refractivity (Wildman–Crippen MR) is 69.7 cm³/mol. The first-order valence-corrected chi connectivity index (χ1v) is 7.25. The fourth-order valence-electron chi connectivity index (χ4n) is 3.28. The first kappa shape index (κ1) is 12.4. The van der Waals surface area contributed by atoms with Gasteiger partial charge in [0.15, 0.2) is 0 Å². The van der Waals surface area contributed by atoms with E-state index in [1.165, 1.54) is 58.2 Å². The molecule has 0 aromatic carbocycles. The maximum atomic E-state index is 3.72. The maximum absolute atomic E-state index is 3.72. The highest BCUT2D eigenvalue weighted by molar-refractivity contribution is 4.80. The van der Waals surface area contributed by atoms with Crippen LogP contribution >= 0.6 is 0 Å². The van der Waals surface area contributed by atoms with Gasteiger partial charge in [-0.25, -0.2) is 0 Å². The fraction of sp³-hybridized carbons (Fsp3) is 1.00. The van der Waals surface area contributed by atoms with E-state index in [2.05, 4.69) is 24.1 Å². The Labute approximate surface area is 101 Å². The summed E-state index contributed by atoms with van der Waals surface area (Å²) in [6.07, 6.45) is 8.52.